The molecule has 0 radical (unpaired) electrons. The van der Waals surface area contributed by atoms with Crippen LogP contribution in [0.3, 0.4) is 0 Å². The lowest BCUT2D eigenvalue weighted by Gasteiger charge is -2.33. The Balaban J connectivity index is 1.81. The van der Waals surface area contributed by atoms with Crippen LogP contribution >= 0.6 is 23.1 Å². The van der Waals surface area contributed by atoms with Crippen molar-refractivity contribution in [2.45, 2.75) is 51.7 Å². The van der Waals surface area contributed by atoms with E-state index < -0.39 is 17.1 Å². The highest BCUT2D eigenvalue weighted by atomic mass is 32.2. The minimum Gasteiger partial charge on any atom is -0.465 e. The number of amides is 2. The molecule has 2 aliphatic rings. The van der Waals surface area contributed by atoms with Gasteiger partial charge in [-0.05, 0) is 36.2 Å². The van der Waals surface area contributed by atoms with E-state index in [1.54, 1.807) is 0 Å². The van der Waals surface area contributed by atoms with Crippen molar-refractivity contribution >= 4 is 51.1 Å². The number of nitrogens with two attached hydrogens (primary N) is 1. The summed E-state index contributed by atoms with van der Waals surface area (Å²) in [5.41, 5.74) is 7.15. The van der Waals surface area contributed by atoms with Crippen LogP contribution in [0.25, 0.3) is 0 Å². The van der Waals surface area contributed by atoms with E-state index in [4.69, 9.17) is 10.5 Å². The van der Waals surface area contributed by atoms with Gasteiger partial charge in [0, 0.05) is 11.3 Å². The molecule has 1 aromatic heterocycles. The Bertz CT molecular complexity index is 854. The van der Waals surface area contributed by atoms with Crippen molar-refractivity contribution in [2.75, 3.05) is 12.4 Å². The number of hydrogen-bond acceptors (Lipinski definition) is 7. The molecule has 2 amide bonds. The van der Waals surface area contributed by atoms with Gasteiger partial charge in [0.25, 0.3) is 5.91 Å². The number of carbonyl (C=O) groups excluding carboxylic acids is 3. The summed E-state index contributed by atoms with van der Waals surface area (Å²) >= 11 is 2.52. The maximum atomic E-state index is 12.5. The van der Waals surface area contributed by atoms with E-state index in [9.17, 15) is 14.4 Å². The van der Waals surface area contributed by atoms with Gasteiger partial charge >= 0.3 is 5.97 Å². The SMILES string of the molecule is COC(=O)c1c(NC(=O)C[C@H]2SC(N)=NC2=O)sc2c1CC[C@@H](C(C)(C)C)C2. The number of nitrogens with zero attached hydrogens (tertiary/aromatic N) is 1. The Morgan fingerprint density at radius 2 is 2.07 bits per heavy atom. The van der Waals surface area contributed by atoms with Crippen LogP contribution in [0, 0.1) is 11.3 Å². The lowest BCUT2D eigenvalue weighted by Crippen LogP contribution is -2.26. The number of thioether (sulfide) groups is 1. The zero-order valence-electron chi connectivity index (χ0n) is 16.5. The highest BCUT2D eigenvalue weighted by Crippen LogP contribution is 2.44. The lowest BCUT2D eigenvalue weighted by molar-refractivity contribution is -0.121. The number of rotatable bonds is 4. The van der Waals surface area contributed by atoms with E-state index in [0.29, 0.717) is 16.5 Å². The van der Waals surface area contributed by atoms with Crippen LogP contribution in [0.2, 0.25) is 0 Å². The molecule has 1 aliphatic carbocycles. The summed E-state index contributed by atoms with van der Waals surface area (Å²) in [7, 11) is 1.34. The normalized spacial score (nSPS) is 21.9. The quantitative estimate of drug-likeness (QED) is 0.720. The first-order valence-electron chi connectivity index (χ1n) is 9.17. The molecule has 1 aliphatic heterocycles. The van der Waals surface area contributed by atoms with Crippen molar-refractivity contribution in [2.24, 2.45) is 22.1 Å². The second-order valence-electron chi connectivity index (χ2n) is 8.15. The number of anilines is 1. The number of nitrogens with one attached hydrogen (secondary N) is 1. The Morgan fingerprint density at radius 3 is 2.64 bits per heavy atom. The van der Waals surface area contributed by atoms with Gasteiger partial charge in [-0.3, -0.25) is 9.59 Å². The summed E-state index contributed by atoms with van der Waals surface area (Å²) < 4.78 is 4.96. The number of hydrogen-bond donors (Lipinski definition) is 2. The van der Waals surface area contributed by atoms with E-state index in [1.165, 1.54) is 18.4 Å². The number of carbonyl (C=O) groups is 3. The first kappa shape index (κ1) is 20.9. The van der Waals surface area contributed by atoms with Crippen LogP contribution in [0.4, 0.5) is 5.00 Å². The third-order valence-corrected chi connectivity index (χ3v) is 7.42. The number of thiophene rings is 1. The van der Waals surface area contributed by atoms with Crippen LogP contribution in [0.15, 0.2) is 4.99 Å². The molecule has 3 rings (SSSR count). The van der Waals surface area contributed by atoms with Crippen LogP contribution in [0.1, 0.15) is 54.4 Å². The fourth-order valence-corrected chi connectivity index (χ4v) is 5.76. The van der Waals surface area contributed by atoms with Crippen molar-refractivity contribution < 1.29 is 19.1 Å². The Labute approximate surface area is 172 Å². The first-order chi connectivity index (χ1) is 13.1. The zero-order chi connectivity index (χ0) is 20.6. The largest absolute Gasteiger partial charge is 0.465 e. The van der Waals surface area contributed by atoms with Crippen LogP contribution < -0.4 is 11.1 Å². The number of aliphatic imine (C=N–C) groups is 1. The molecule has 3 N–H and O–H groups in total. The lowest BCUT2D eigenvalue weighted by atomic mass is 9.72. The van der Waals surface area contributed by atoms with Gasteiger partial charge in [-0.15, -0.1) is 11.3 Å². The predicted molar refractivity (Wildman–Crippen MR) is 112 cm³/mol. The smallest absolute Gasteiger partial charge is 0.341 e. The third-order valence-electron chi connectivity index (χ3n) is 5.26. The topological polar surface area (TPSA) is 111 Å². The van der Waals surface area contributed by atoms with Gasteiger partial charge in [0.1, 0.15) is 10.3 Å². The van der Waals surface area contributed by atoms with E-state index >= 15 is 0 Å². The van der Waals surface area contributed by atoms with Gasteiger partial charge in [0.05, 0.1) is 12.7 Å². The number of ether oxygens (including phenoxy) is 1. The number of esters is 1. The van der Waals surface area contributed by atoms with Gasteiger partial charge in [-0.1, -0.05) is 32.5 Å². The Morgan fingerprint density at radius 1 is 1.36 bits per heavy atom. The van der Waals surface area contributed by atoms with Crippen LogP contribution in [-0.4, -0.2) is 35.3 Å². The molecule has 0 unspecified atom stereocenters. The Hall–Kier alpha value is -1.87. The highest BCUT2D eigenvalue weighted by molar-refractivity contribution is 8.15. The second-order valence-corrected chi connectivity index (χ2v) is 10.5. The van der Waals surface area contributed by atoms with Gasteiger partial charge < -0.3 is 15.8 Å². The molecule has 7 nitrogen and oxygen atoms in total. The molecule has 0 bridgehead atoms. The first-order valence-corrected chi connectivity index (χ1v) is 10.9. The van der Waals surface area contributed by atoms with E-state index in [2.05, 4.69) is 31.1 Å². The summed E-state index contributed by atoms with van der Waals surface area (Å²) in [4.78, 5) is 41.4. The van der Waals surface area contributed by atoms with Crippen molar-refractivity contribution in [1.82, 2.24) is 0 Å². The minimum absolute atomic E-state index is 0.0402. The molecule has 28 heavy (non-hydrogen) atoms. The third kappa shape index (κ3) is 4.25. The van der Waals surface area contributed by atoms with Crippen molar-refractivity contribution in [3.05, 3.63) is 16.0 Å². The summed E-state index contributed by atoms with van der Waals surface area (Å²) in [5.74, 6) is -0.669. The zero-order valence-corrected chi connectivity index (χ0v) is 18.1. The average molecular weight is 424 g/mol. The minimum atomic E-state index is -0.610. The highest BCUT2D eigenvalue weighted by Gasteiger charge is 2.35. The van der Waals surface area contributed by atoms with Crippen molar-refractivity contribution in [3.8, 4) is 0 Å². The molecule has 0 aromatic carbocycles. The monoisotopic (exact) mass is 423 g/mol. The molecule has 0 fully saturated rings. The molecule has 0 saturated carbocycles. The van der Waals surface area contributed by atoms with Crippen molar-refractivity contribution in [3.63, 3.8) is 0 Å². The maximum Gasteiger partial charge on any atom is 0.341 e. The molecule has 0 saturated heterocycles. The summed E-state index contributed by atoms with van der Waals surface area (Å²) in [5, 5.41) is 2.89. The molecule has 9 heteroatoms. The predicted octanol–water partition coefficient (Wildman–Crippen LogP) is 2.97. The summed E-state index contributed by atoms with van der Waals surface area (Å²) in [6.45, 7) is 6.68. The molecular formula is C19H25N3O4S2. The van der Waals surface area contributed by atoms with E-state index in [1.807, 2.05) is 0 Å². The molecule has 152 valence electrons. The van der Waals surface area contributed by atoms with E-state index in [-0.39, 0.29) is 22.9 Å². The van der Waals surface area contributed by atoms with E-state index in [0.717, 1.165) is 41.5 Å². The fourth-order valence-electron chi connectivity index (χ4n) is 3.61. The fraction of sp³-hybridized carbons (Fsp3) is 0.579. The second kappa shape index (κ2) is 7.87. The van der Waals surface area contributed by atoms with Crippen LogP contribution in [-0.2, 0) is 27.2 Å². The van der Waals surface area contributed by atoms with Gasteiger partial charge in [-0.25, -0.2) is 4.79 Å². The Kier molecular flexibility index (Phi) is 5.86. The van der Waals surface area contributed by atoms with Gasteiger partial charge in [-0.2, -0.15) is 4.99 Å². The van der Waals surface area contributed by atoms with Gasteiger partial charge in [0.15, 0.2) is 5.17 Å². The maximum absolute atomic E-state index is 12.5. The summed E-state index contributed by atoms with van der Waals surface area (Å²) in [6, 6.07) is 0. The summed E-state index contributed by atoms with van der Waals surface area (Å²) in [6.07, 6.45) is 2.62. The molecule has 2 atom stereocenters. The van der Waals surface area contributed by atoms with Crippen LogP contribution in [0.5, 0.6) is 0 Å². The number of methoxy groups -OCH3 is 1. The number of fused-ring (bicyclic) bond motifs is 1. The standard InChI is InChI=1S/C19H25N3O4S2/c1-19(2,3)9-5-6-10-11(7-9)27-16(14(10)17(25)26-4)21-13(23)8-12-15(24)22-18(20)28-12/h9,12H,5-8H2,1-4H3,(H,21,23)(H2,20,22,24)/t9-,12-/m1/s1. The average Bonchev–Trinajstić information content (AvgIpc) is 3.11. The van der Waals surface area contributed by atoms with Gasteiger partial charge in [0.2, 0.25) is 5.91 Å². The molecule has 1 aromatic rings. The molecule has 0 spiro atoms. The number of amidine groups is 1. The molecular weight excluding hydrogens is 398 g/mol. The molecule has 2 heterocycles. The van der Waals surface area contributed by atoms with Crippen molar-refractivity contribution in [1.29, 1.82) is 0 Å².